The summed E-state index contributed by atoms with van der Waals surface area (Å²) in [5, 5.41) is 3.11. The number of rotatable bonds is 3. The number of carbonyl (C=O) groups is 4. The summed E-state index contributed by atoms with van der Waals surface area (Å²) in [7, 11) is 0. The van der Waals surface area contributed by atoms with E-state index in [-0.39, 0.29) is 45.0 Å². The molecule has 4 rings (SSSR count). The first-order chi connectivity index (χ1) is 14.8. The van der Waals surface area contributed by atoms with Crippen molar-refractivity contribution in [3.8, 4) is 0 Å². The van der Waals surface area contributed by atoms with E-state index >= 15 is 0 Å². The summed E-state index contributed by atoms with van der Waals surface area (Å²) in [6, 6.07) is 15.4. The van der Waals surface area contributed by atoms with Crippen LogP contribution in [0.5, 0.6) is 0 Å². The molecule has 31 heavy (non-hydrogen) atoms. The van der Waals surface area contributed by atoms with Crippen LogP contribution >= 0.6 is 23.4 Å². The summed E-state index contributed by atoms with van der Waals surface area (Å²) in [5.41, 5.74) is 0.918. The molecule has 0 aromatic heterocycles. The van der Waals surface area contributed by atoms with Crippen molar-refractivity contribution in [2.24, 2.45) is 0 Å². The van der Waals surface area contributed by atoms with Crippen LogP contribution in [0.1, 0.15) is 49.1 Å². The molecule has 0 spiro atoms. The molecule has 3 aromatic carbocycles. The SMILES string of the molecule is CC(=O)N(Cl)c1ccc2c(c1NC(=O)c1ccc(Cl)cc1)C(=O)c1ccccc1C2=O. The van der Waals surface area contributed by atoms with E-state index in [4.69, 9.17) is 23.4 Å². The van der Waals surface area contributed by atoms with Gasteiger partial charge in [0.25, 0.3) is 5.91 Å². The third kappa shape index (κ3) is 3.60. The number of carbonyl (C=O) groups excluding carboxylic acids is 4. The molecule has 3 aromatic rings. The Kier molecular flexibility index (Phi) is 5.35. The summed E-state index contributed by atoms with van der Waals surface area (Å²) >= 11 is 12.0. The van der Waals surface area contributed by atoms with Gasteiger partial charge in [-0.1, -0.05) is 35.9 Å². The van der Waals surface area contributed by atoms with Crippen LogP contribution in [-0.2, 0) is 4.79 Å². The second kappa shape index (κ2) is 7.98. The lowest BCUT2D eigenvalue weighted by Gasteiger charge is -2.24. The van der Waals surface area contributed by atoms with E-state index in [0.29, 0.717) is 5.02 Å². The molecule has 0 aliphatic heterocycles. The van der Waals surface area contributed by atoms with E-state index in [0.717, 1.165) is 4.42 Å². The molecule has 1 aliphatic carbocycles. The van der Waals surface area contributed by atoms with E-state index in [1.807, 2.05) is 0 Å². The molecule has 0 fully saturated rings. The van der Waals surface area contributed by atoms with Crippen LogP contribution in [-0.4, -0.2) is 23.4 Å². The quantitative estimate of drug-likeness (QED) is 0.449. The summed E-state index contributed by atoms with van der Waals surface area (Å²) in [4.78, 5) is 51.1. The van der Waals surface area contributed by atoms with Gasteiger partial charge in [0.15, 0.2) is 11.6 Å². The number of anilines is 2. The summed E-state index contributed by atoms with van der Waals surface area (Å²) in [6.07, 6.45) is 0. The lowest BCUT2D eigenvalue weighted by atomic mass is 9.82. The highest BCUT2D eigenvalue weighted by Crippen LogP contribution is 2.39. The number of hydrogen-bond acceptors (Lipinski definition) is 4. The predicted octanol–water partition coefficient (Wildman–Crippen LogP) is 4.87. The van der Waals surface area contributed by atoms with Crippen molar-refractivity contribution < 1.29 is 19.2 Å². The van der Waals surface area contributed by atoms with E-state index in [9.17, 15) is 19.2 Å². The van der Waals surface area contributed by atoms with E-state index < -0.39 is 17.6 Å². The van der Waals surface area contributed by atoms with Gasteiger partial charge in [-0.25, -0.2) is 4.42 Å². The number of hydrogen-bond donors (Lipinski definition) is 1. The molecule has 0 saturated heterocycles. The Bertz CT molecular complexity index is 1270. The van der Waals surface area contributed by atoms with Gasteiger partial charge in [-0.05, 0) is 36.4 Å². The molecule has 1 N–H and O–H groups in total. The largest absolute Gasteiger partial charge is 0.319 e. The van der Waals surface area contributed by atoms with Crippen LogP contribution in [0.25, 0.3) is 0 Å². The molecule has 154 valence electrons. The van der Waals surface area contributed by atoms with Gasteiger partial charge < -0.3 is 5.32 Å². The molecule has 0 atom stereocenters. The molecule has 8 heteroatoms. The fourth-order valence-electron chi connectivity index (χ4n) is 3.42. The zero-order valence-corrected chi connectivity index (χ0v) is 17.6. The normalized spacial score (nSPS) is 12.1. The maximum absolute atomic E-state index is 13.3. The average Bonchev–Trinajstić information content (AvgIpc) is 2.77. The Hall–Kier alpha value is -3.48. The summed E-state index contributed by atoms with van der Waals surface area (Å²) in [6.45, 7) is 1.24. The third-order valence-electron chi connectivity index (χ3n) is 4.90. The first kappa shape index (κ1) is 20.8. The van der Waals surface area contributed by atoms with E-state index in [1.54, 1.807) is 36.4 Å². The highest BCUT2D eigenvalue weighted by atomic mass is 35.5. The number of benzene rings is 3. The summed E-state index contributed by atoms with van der Waals surface area (Å²) in [5.74, 6) is -1.90. The minimum absolute atomic E-state index is 0.0181. The fourth-order valence-corrected chi connectivity index (χ4v) is 3.69. The Balaban J connectivity index is 1.90. The molecule has 0 unspecified atom stereocenters. The lowest BCUT2D eigenvalue weighted by molar-refractivity contribution is -0.115. The zero-order valence-electron chi connectivity index (χ0n) is 16.1. The van der Waals surface area contributed by atoms with E-state index in [1.165, 1.54) is 31.2 Å². The van der Waals surface area contributed by atoms with Gasteiger partial charge in [0.2, 0.25) is 5.91 Å². The average molecular weight is 453 g/mol. The van der Waals surface area contributed by atoms with Crippen LogP contribution in [0.2, 0.25) is 5.02 Å². The first-order valence-corrected chi connectivity index (χ1v) is 9.90. The fraction of sp³-hybridized carbons (Fsp3) is 0.0435. The van der Waals surface area contributed by atoms with Crippen LogP contribution in [0.15, 0.2) is 60.7 Å². The van der Waals surface area contributed by atoms with E-state index in [2.05, 4.69) is 5.32 Å². The summed E-state index contributed by atoms with van der Waals surface area (Å²) < 4.78 is 0.788. The Morgan fingerprint density at radius 3 is 2.06 bits per heavy atom. The maximum atomic E-state index is 13.3. The minimum Gasteiger partial charge on any atom is -0.319 e. The minimum atomic E-state index is -0.556. The van der Waals surface area contributed by atoms with Crippen LogP contribution in [0.3, 0.4) is 0 Å². The molecule has 0 bridgehead atoms. The predicted molar refractivity (Wildman–Crippen MR) is 118 cm³/mol. The second-order valence-electron chi connectivity index (χ2n) is 6.85. The van der Waals surface area contributed by atoms with Crippen LogP contribution < -0.4 is 9.74 Å². The number of halogens is 2. The zero-order chi connectivity index (χ0) is 22.3. The molecular formula is C23H14Cl2N2O4. The van der Waals surface area contributed by atoms with Crippen molar-refractivity contribution in [3.05, 3.63) is 93.5 Å². The van der Waals surface area contributed by atoms with Crippen molar-refractivity contribution in [3.63, 3.8) is 0 Å². The highest BCUT2D eigenvalue weighted by molar-refractivity contribution is 6.39. The topological polar surface area (TPSA) is 83.6 Å². The van der Waals surface area contributed by atoms with Gasteiger partial charge in [0, 0.05) is 46.0 Å². The van der Waals surface area contributed by atoms with Crippen LogP contribution in [0, 0.1) is 0 Å². The maximum Gasteiger partial charge on any atom is 0.255 e. The third-order valence-corrected chi connectivity index (χ3v) is 5.58. The number of nitrogens with zero attached hydrogens (tertiary/aromatic N) is 1. The first-order valence-electron chi connectivity index (χ1n) is 9.18. The standard InChI is InChI=1S/C23H14Cl2N2O4/c1-12(28)27(25)18-11-10-17-19(22(30)16-5-3-2-4-15(16)21(17)29)20(18)26-23(31)13-6-8-14(24)9-7-13/h2-11H,1H3,(H,26,31). The van der Waals surface area contributed by atoms with Crippen molar-refractivity contribution in [2.75, 3.05) is 9.74 Å². The molecular weight excluding hydrogens is 439 g/mol. The molecule has 0 heterocycles. The van der Waals surface area contributed by atoms with Gasteiger partial charge >= 0.3 is 0 Å². The molecule has 0 saturated carbocycles. The van der Waals surface area contributed by atoms with Crippen molar-refractivity contribution in [1.29, 1.82) is 0 Å². The molecule has 1 aliphatic rings. The van der Waals surface area contributed by atoms with Gasteiger partial charge in [0.1, 0.15) is 0 Å². The molecule has 2 amide bonds. The molecule has 6 nitrogen and oxygen atoms in total. The van der Waals surface area contributed by atoms with Gasteiger partial charge in [-0.2, -0.15) is 0 Å². The number of nitrogens with one attached hydrogen (secondary N) is 1. The lowest BCUT2D eigenvalue weighted by Crippen LogP contribution is -2.27. The van der Waals surface area contributed by atoms with Gasteiger partial charge in [-0.3, -0.25) is 19.2 Å². The number of ketones is 2. The Morgan fingerprint density at radius 1 is 0.839 bits per heavy atom. The monoisotopic (exact) mass is 452 g/mol. The van der Waals surface area contributed by atoms with Crippen molar-refractivity contribution in [2.45, 2.75) is 6.92 Å². The number of fused-ring (bicyclic) bond motifs is 2. The Morgan fingerprint density at radius 2 is 1.45 bits per heavy atom. The van der Waals surface area contributed by atoms with Crippen molar-refractivity contribution in [1.82, 2.24) is 0 Å². The van der Waals surface area contributed by atoms with Crippen molar-refractivity contribution >= 4 is 58.1 Å². The highest BCUT2D eigenvalue weighted by Gasteiger charge is 2.34. The Labute approximate surface area is 187 Å². The smallest absolute Gasteiger partial charge is 0.255 e. The van der Waals surface area contributed by atoms with Crippen LogP contribution in [0.4, 0.5) is 11.4 Å². The van der Waals surface area contributed by atoms with Gasteiger partial charge in [-0.15, -0.1) is 0 Å². The number of amides is 2. The second-order valence-corrected chi connectivity index (χ2v) is 7.62. The van der Waals surface area contributed by atoms with Gasteiger partial charge in [0.05, 0.1) is 16.9 Å². The molecule has 0 radical (unpaired) electrons.